The van der Waals surface area contributed by atoms with Crippen molar-refractivity contribution in [2.75, 3.05) is 25.5 Å². The van der Waals surface area contributed by atoms with E-state index in [2.05, 4.69) is 42.6 Å². The molecule has 1 saturated heterocycles. The number of benzene rings is 1. The van der Waals surface area contributed by atoms with Gasteiger partial charge in [-0.2, -0.15) is 0 Å². The third-order valence-electron chi connectivity index (χ3n) is 3.25. The Bertz CT molecular complexity index is 311. The quantitative estimate of drug-likeness (QED) is 0.620. The van der Waals surface area contributed by atoms with Gasteiger partial charge in [0.15, 0.2) is 0 Å². The molecule has 1 aromatic carbocycles. The number of nitrogens with one attached hydrogen (secondary N) is 1. The molecule has 0 aliphatic carbocycles. The van der Waals surface area contributed by atoms with Gasteiger partial charge in [-0.25, -0.2) is 0 Å². The molecule has 0 radical (unpaired) electrons. The standard InChI is InChI=1S/C14H21NOS/c1-12(13-7-9-16-11-13)15-8-10-17-14-5-3-2-4-6-14/h2-6,12-13,15H,7-11H2,1H3/t12-,13-/m1/s1. The molecule has 1 aliphatic rings. The van der Waals surface area contributed by atoms with Crippen molar-refractivity contribution in [2.24, 2.45) is 5.92 Å². The molecule has 0 amide bonds. The number of thioether (sulfide) groups is 1. The number of rotatable bonds is 6. The van der Waals surface area contributed by atoms with Crippen LogP contribution in [0.1, 0.15) is 13.3 Å². The second-order valence-corrected chi connectivity index (χ2v) is 5.70. The average Bonchev–Trinajstić information content (AvgIpc) is 2.89. The topological polar surface area (TPSA) is 21.3 Å². The van der Waals surface area contributed by atoms with Gasteiger partial charge in [-0.3, -0.25) is 0 Å². The first kappa shape index (κ1) is 12.9. The molecule has 0 bridgehead atoms. The Morgan fingerprint density at radius 3 is 2.94 bits per heavy atom. The van der Waals surface area contributed by atoms with Crippen LogP contribution in [0.5, 0.6) is 0 Å². The molecule has 1 heterocycles. The molecule has 2 atom stereocenters. The van der Waals surface area contributed by atoms with E-state index >= 15 is 0 Å². The Hall–Kier alpha value is -0.510. The maximum absolute atomic E-state index is 5.41. The summed E-state index contributed by atoms with van der Waals surface area (Å²) in [5.74, 6) is 1.83. The molecular formula is C14H21NOS. The molecule has 1 aliphatic heterocycles. The van der Waals surface area contributed by atoms with Crippen molar-refractivity contribution < 1.29 is 4.74 Å². The minimum atomic E-state index is 0.578. The summed E-state index contributed by atoms with van der Waals surface area (Å²) in [6, 6.07) is 11.2. The molecule has 1 N–H and O–H groups in total. The van der Waals surface area contributed by atoms with E-state index in [1.807, 2.05) is 11.8 Å². The van der Waals surface area contributed by atoms with Crippen molar-refractivity contribution in [2.45, 2.75) is 24.3 Å². The van der Waals surface area contributed by atoms with Gasteiger partial charge < -0.3 is 10.1 Å². The molecule has 2 nitrogen and oxygen atoms in total. The van der Waals surface area contributed by atoms with E-state index in [-0.39, 0.29) is 0 Å². The number of hydrogen-bond acceptors (Lipinski definition) is 3. The summed E-state index contributed by atoms with van der Waals surface area (Å²) in [7, 11) is 0. The summed E-state index contributed by atoms with van der Waals surface area (Å²) >= 11 is 1.91. The van der Waals surface area contributed by atoms with Crippen molar-refractivity contribution in [3.63, 3.8) is 0 Å². The molecule has 0 spiro atoms. The van der Waals surface area contributed by atoms with Crippen LogP contribution in [0.4, 0.5) is 0 Å². The first-order valence-corrected chi connectivity index (χ1v) is 7.34. The minimum Gasteiger partial charge on any atom is -0.381 e. The predicted molar refractivity (Wildman–Crippen MR) is 73.6 cm³/mol. The maximum atomic E-state index is 5.41. The lowest BCUT2D eigenvalue weighted by Gasteiger charge is -2.18. The van der Waals surface area contributed by atoms with E-state index in [9.17, 15) is 0 Å². The highest BCUT2D eigenvalue weighted by Crippen LogP contribution is 2.18. The Morgan fingerprint density at radius 2 is 2.24 bits per heavy atom. The van der Waals surface area contributed by atoms with Gasteiger partial charge in [0.1, 0.15) is 0 Å². The van der Waals surface area contributed by atoms with Gasteiger partial charge in [0, 0.05) is 29.8 Å². The highest BCUT2D eigenvalue weighted by Gasteiger charge is 2.21. The van der Waals surface area contributed by atoms with Crippen LogP contribution in [-0.2, 0) is 4.74 Å². The van der Waals surface area contributed by atoms with Gasteiger partial charge in [0.25, 0.3) is 0 Å². The zero-order chi connectivity index (χ0) is 11.9. The molecule has 1 fully saturated rings. The molecule has 0 unspecified atom stereocenters. The zero-order valence-electron chi connectivity index (χ0n) is 10.4. The SMILES string of the molecule is C[C@@H](NCCSc1ccccc1)[C@@H]1CCOC1. The second kappa shape index (κ2) is 7.04. The highest BCUT2D eigenvalue weighted by molar-refractivity contribution is 7.99. The highest BCUT2D eigenvalue weighted by atomic mass is 32.2. The summed E-state index contributed by atoms with van der Waals surface area (Å²) in [6.07, 6.45) is 1.21. The Labute approximate surface area is 108 Å². The Kier molecular flexibility index (Phi) is 5.36. The van der Waals surface area contributed by atoms with Crippen LogP contribution in [0.2, 0.25) is 0 Å². The van der Waals surface area contributed by atoms with Gasteiger partial charge in [-0.1, -0.05) is 18.2 Å². The third kappa shape index (κ3) is 4.34. The van der Waals surface area contributed by atoms with Crippen LogP contribution < -0.4 is 5.32 Å². The van der Waals surface area contributed by atoms with E-state index in [0.717, 1.165) is 25.5 Å². The molecule has 1 aromatic rings. The van der Waals surface area contributed by atoms with Crippen LogP contribution in [0.3, 0.4) is 0 Å². The Balaban J connectivity index is 1.59. The largest absolute Gasteiger partial charge is 0.381 e. The van der Waals surface area contributed by atoms with Crippen LogP contribution in [0.25, 0.3) is 0 Å². The maximum Gasteiger partial charge on any atom is 0.0509 e. The summed E-state index contributed by atoms with van der Waals surface area (Å²) in [4.78, 5) is 1.35. The number of ether oxygens (including phenoxy) is 1. The van der Waals surface area contributed by atoms with Gasteiger partial charge in [-0.15, -0.1) is 11.8 Å². The fourth-order valence-corrected chi connectivity index (χ4v) is 2.89. The molecule has 2 rings (SSSR count). The van der Waals surface area contributed by atoms with E-state index in [1.165, 1.54) is 11.3 Å². The van der Waals surface area contributed by atoms with E-state index in [0.29, 0.717) is 12.0 Å². The fraction of sp³-hybridized carbons (Fsp3) is 0.571. The van der Waals surface area contributed by atoms with Crippen LogP contribution in [-0.4, -0.2) is 31.6 Å². The first-order chi connectivity index (χ1) is 8.36. The van der Waals surface area contributed by atoms with Crippen LogP contribution >= 0.6 is 11.8 Å². The van der Waals surface area contributed by atoms with E-state index in [4.69, 9.17) is 4.74 Å². The lowest BCUT2D eigenvalue weighted by atomic mass is 10.0. The summed E-state index contributed by atoms with van der Waals surface area (Å²) in [5, 5.41) is 3.59. The van der Waals surface area contributed by atoms with Crippen LogP contribution in [0.15, 0.2) is 35.2 Å². The molecule has 3 heteroatoms. The average molecular weight is 251 g/mol. The van der Waals surface area contributed by atoms with Crippen molar-refractivity contribution in [3.8, 4) is 0 Å². The molecule has 17 heavy (non-hydrogen) atoms. The van der Waals surface area contributed by atoms with Gasteiger partial charge in [0.2, 0.25) is 0 Å². The van der Waals surface area contributed by atoms with E-state index in [1.54, 1.807) is 0 Å². The minimum absolute atomic E-state index is 0.578. The molecular weight excluding hydrogens is 230 g/mol. The third-order valence-corrected chi connectivity index (χ3v) is 4.27. The predicted octanol–water partition coefficient (Wildman–Crippen LogP) is 2.79. The van der Waals surface area contributed by atoms with Crippen molar-refractivity contribution in [1.82, 2.24) is 5.32 Å². The van der Waals surface area contributed by atoms with Crippen molar-refractivity contribution in [3.05, 3.63) is 30.3 Å². The molecule has 0 saturated carbocycles. The lowest BCUT2D eigenvalue weighted by Crippen LogP contribution is -2.35. The van der Waals surface area contributed by atoms with Gasteiger partial charge in [0.05, 0.1) is 6.61 Å². The van der Waals surface area contributed by atoms with Gasteiger partial charge in [-0.05, 0) is 31.4 Å². The smallest absolute Gasteiger partial charge is 0.0509 e. The van der Waals surface area contributed by atoms with Crippen LogP contribution in [0, 0.1) is 5.92 Å². The first-order valence-electron chi connectivity index (χ1n) is 6.35. The molecule has 94 valence electrons. The molecule has 0 aromatic heterocycles. The van der Waals surface area contributed by atoms with Crippen molar-refractivity contribution >= 4 is 11.8 Å². The van der Waals surface area contributed by atoms with Gasteiger partial charge >= 0.3 is 0 Å². The van der Waals surface area contributed by atoms with Crippen molar-refractivity contribution in [1.29, 1.82) is 0 Å². The summed E-state index contributed by atoms with van der Waals surface area (Å²) in [5.41, 5.74) is 0. The normalized spacial score (nSPS) is 21.6. The fourth-order valence-electron chi connectivity index (χ4n) is 2.09. The summed E-state index contributed by atoms with van der Waals surface area (Å²) in [6.45, 7) is 5.21. The van der Waals surface area contributed by atoms with E-state index < -0.39 is 0 Å². The monoisotopic (exact) mass is 251 g/mol. The second-order valence-electron chi connectivity index (χ2n) is 4.53. The summed E-state index contributed by atoms with van der Waals surface area (Å²) < 4.78 is 5.41. The zero-order valence-corrected chi connectivity index (χ0v) is 11.2. The Morgan fingerprint density at radius 1 is 1.41 bits per heavy atom. The lowest BCUT2D eigenvalue weighted by molar-refractivity contribution is 0.178. The number of hydrogen-bond donors (Lipinski definition) is 1.